The molecule has 28 heavy (non-hydrogen) atoms. The van der Waals surface area contributed by atoms with E-state index >= 15 is 0 Å². The molecule has 0 spiro atoms. The number of hydrogen-bond acceptors (Lipinski definition) is 2. The van der Waals surface area contributed by atoms with Crippen LogP contribution in [0, 0.1) is 0 Å². The molecule has 3 rings (SSSR count). The predicted octanol–water partition coefficient (Wildman–Crippen LogP) is 5.30. The van der Waals surface area contributed by atoms with Gasteiger partial charge in [-0.25, -0.2) is 0 Å². The van der Waals surface area contributed by atoms with Gasteiger partial charge in [0.2, 0.25) is 0 Å². The van der Waals surface area contributed by atoms with Crippen LogP contribution >= 0.6 is 0 Å². The van der Waals surface area contributed by atoms with Crippen molar-refractivity contribution in [3.8, 4) is 0 Å². The second-order valence-corrected chi connectivity index (χ2v) is 7.35. The summed E-state index contributed by atoms with van der Waals surface area (Å²) in [5.41, 5.74) is 2.86. The fraction of sp³-hybridized carbons (Fsp3) is 0.240. The summed E-state index contributed by atoms with van der Waals surface area (Å²) in [5.74, 6) is -0.0386. The van der Waals surface area contributed by atoms with E-state index in [1.54, 1.807) is 0 Å². The zero-order chi connectivity index (χ0) is 19.9. The number of rotatable bonds is 7. The van der Waals surface area contributed by atoms with Gasteiger partial charge in [-0.2, -0.15) is 0 Å². The zero-order valence-electron chi connectivity index (χ0n) is 16.9. The molecule has 1 amide bonds. The Morgan fingerprint density at radius 2 is 1.79 bits per heavy atom. The average Bonchev–Trinajstić information content (AvgIpc) is 2.71. The summed E-state index contributed by atoms with van der Waals surface area (Å²) in [6.45, 7) is 2.88. The van der Waals surface area contributed by atoms with Gasteiger partial charge in [-0.1, -0.05) is 60.7 Å². The van der Waals surface area contributed by atoms with Crippen LogP contribution in [0.15, 0.2) is 72.8 Å². The number of fused-ring (bicyclic) bond motifs is 1. The molecule has 0 aliphatic carbocycles. The van der Waals surface area contributed by atoms with E-state index in [2.05, 4.69) is 54.6 Å². The highest BCUT2D eigenvalue weighted by Crippen LogP contribution is 2.23. The lowest BCUT2D eigenvalue weighted by Crippen LogP contribution is -2.31. The van der Waals surface area contributed by atoms with E-state index in [0.717, 1.165) is 24.1 Å². The van der Waals surface area contributed by atoms with Crippen molar-refractivity contribution < 1.29 is 4.79 Å². The third-order valence-corrected chi connectivity index (χ3v) is 4.85. The maximum atomic E-state index is 12.9. The van der Waals surface area contributed by atoms with Gasteiger partial charge in [0.15, 0.2) is 0 Å². The van der Waals surface area contributed by atoms with Crippen molar-refractivity contribution in [3.63, 3.8) is 0 Å². The second kappa shape index (κ2) is 9.34. The Morgan fingerprint density at radius 3 is 2.54 bits per heavy atom. The zero-order valence-corrected chi connectivity index (χ0v) is 16.9. The molecule has 0 saturated carbocycles. The monoisotopic (exact) mass is 372 g/mol. The first kappa shape index (κ1) is 19.8. The van der Waals surface area contributed by atoms with Gasteiger partial charge in [0, 0.05) is 5.56 Å². The van der Waals surface area contributed by atoms with Gasteiger partial charge in [-0.15, -0.1) is 0 Å². The maximum Gasteiger partial charge on any atom is 0.251 e. The molecule has 0 aliphatic heterocycles. The van der Waals surface area contributed by atoms with Crippen molar-refractivity contribution in [1.82, 2.24) is 10.2 Å². The fourth-order valence-corrected chi connectivity index (χ4v) is 3.35. The Kier molecular flexibility index (Phi) is 6.62. The number of nitrogens with zero attached hydrogens (tertiary/aromatic N) is 1. The summed E-state index contributed by atoms with van der Waals surface area (Å²) in [4.78, 5) is 15.1. The van der Waals surface area contributed by atoms with Crippen LogP contribution in [0.4, 0.5) is 0 Å². The quantitative estimate of drug-likeness (QED) is 0.611. The molecule has 0 aromatic heterocycles. The van der Waals surface area contributed by atoms with Crippen molar-refractivity contribution in [3.05, 3.63) is 89.5 Å². The van der Waals surface area contributed by atoms with Crippen LogP contribution in [0.5, 0.6) is 0 Å². The molecule has 0 saturated heterocycles. The molecule has 0 aliphatic rings. The molecule has 0 bridgehead atoms. The van der Waals surface area contributed by atoms with Crippen LogP contribution < -0.4 is 5.32 Å². The van der Waals surface area contributed by atoms with Crippen LogP contribution in [0.1, 0.15) is 40.9 Å². The number of allylic oxidation sites excluding steroid dienone is 1. The molecule has 3 aromatic carbocycles. The number of carbonyl (C=O) groups is 1. The van der Waals surface area contributed by atoms with E-state index in [9.17, 15) is 4.79 Å². The fourth-order valence-electron chi connectivity index (χ4n) is 3.35. The van der Waals surface area contributed by atoms with E-state index in [1.165, 1.54) is 10.8 Å². The standard InChI is InChI=1S/C25H28N2O/c1-4-8-19-9-7-12-23(17-19)25(28)26-24(15-16-27(2)3)22-14-13-20-10-5-6-11-21(20)18-22/h4-14,17-18,24H,15-16H2,1-3H3,(H,26,28). The molecule has 0 radical (unpaired) electrons. The number of carbonyl (C=O) groups excluding carboxylic acids is 1. The smallest absolute Gasteiger partial charge is 0.251 e. The lowest BCUT2D eigenvalue weighted by Gasteiger charge is -2.22. The Labute approximate surface area is 167 Å². The first-order valence-corrected chi connectivity index (χ1v) is 9.74. The molecule has 1 unspecified atom stereocenters. The highest BCUT2D eigenvalue weighted by Gasteiger charge is 2.17. The molecule has 3 nitrogen and oxygen atoms in total. The molecule has 3 heteroatoms. The summed E-state index contributed by atoms with van der Waals surface area (Å²) in [5, 5.41) is 5.65. The molecule has 1 atom stereocenters. The highest BCUT2D eigenvalue weighted by atomic mass is 16.1. The van der Waals surface area contributed by atoms with Crippen LogP contribution in [-0.4, -0.2) is 31.4 Å². The van der Waals surface area contributed by atoms with Gasteiger partial charge in [0.1, 0.15) is 0 Å². The molecular formula is C25H28N2O. The van der Waals surface area contributed by atoms with E-state index in [1.807, 2.05) is 55.5 Å². The molecular weight excluding hydrogens is 344 g/mol. The Morgan fingerprint density at radius 1 is 1.00 bits per heavy atom. The number of benzene rings is 3. The van der Waals surface area contributed by atoms with Crippen molar-refractivity contribution in [2.24, 2.45) is 0 Å². The van der Waals surface area contributed by atoms with Crippen LogP contribution in [0.3, 0.4) is 0 Å². The first-order chi connectivity index (χ1) is 13.6. The van der Waals surface area contributed by atoms with Crippen molar-refractivity contribution in [1.29, 1.82) is 0 Å². The molecule has 0 heterocycles. The highest BCUT2D eigenvalue weighted by molar-refractivity contribution is 5.95. The Bertz CT molecular complexity index is 975. The van der Waals surface area contributed by atoms with Gasteiger partial charge >= 0.3 is 0 Å². The molecule has 1 N–H and O–H groups in total. The minimum atomic E-state index is -0.0386. The normalized spacial score (nSPS) is 12.6. The van der Waals surface area contributed by atoms with Gasteiger partial charge in [-0.3, -0.25) is 4.79 Å². The average molecular weight is 373 g/mol. The first-order valence-electron chi connectivity index (χ1n) is 9.74. The summed E-state index contributed by atoms with van der Waals surface area (Å²) < 4.78 is 0. The topological polar surface area (TPSA) is 32.3 Å². The van der Waals surface area contributed by atoms with Crippen LogP contribution in [-0.2, 0) is 0 Å². The van der Waals surface area contributed by atoms with Crippen LogP contribution in [0.25, 0.3) is 16.8 Å². The minimum absolute atomic E-state index is 0.0371. The van der Waals surface area contributed by atoms with Gasteiger partial charge in [0.05, 0.1) is 6.04 Å². The van der Waals surface area contributed by atoms with E-state index < -0.39 is 0 Å². The van der Waals surface area contributed by atoms with E-state index in [4.69, 9.17) is 0 Å². The molecule has 0 fully saturated rings. The van der Waals surface area contributed by atoms with Gasteiger partial charge in [0.25, 0.3) is 5.91 Å². The van der Waals surface area contributed by atoms with Crippen LogP contribution in [0.2, 0.25) is 0 Å². The minimum Gasteiger partial charge on any atom is -0.345 e. The third kappa shape index (κ3) is 5.08. The molecule has 3 aromatic rings. The Hall–Kier alpha value is -2.91. The van der Waals surface area contributed by atoms with Crippen molar-refractivity contribution in [2.75, 3.05) is 20.6 Å². The summed E-state index contributed by atoms with van der Waals surface area (Å²) in [6.07, 6.45) is 4.83. The van der Waals surface area contributed by atoms with Gasteiger partial charge in [-0.05, 0) is 74.1 Å². The lowest BCUT2D eigenvalue weighted by molar-refractivity contribution is 0.0932. The number of nitrogens with one attached hydrogen (secondary N) is 1. The SMILES string of the molecule is CC=Cc1cccc(C(=O)NC(CCN(C)C)c2ccc3ccccc3c2)c1. The van der Waals surface area contributed by atoms with Crippen molar-refractivity contribution >= 4 is 22.8 Å². The summed E-state index contributed by atoms with van der Waals surface area (Å²) in [7, 11) is 4.11. The lowest BCUT2D eigenvalue weighted by atomic mass is 9.99. The van der Waals surface area contributed by atoms with Crippen molar-refractivity contribution in [2.45, 2.75) is 19.4 Å². The van der Waals surface area contributed by atoms with E-state index in [0.29, 0.717) is 5.56 Å². The summed E-state index contributed by atoms with van der Waals surface area (Å²) >= 11 is 0. The number of amides is 1. The molecule has 144 valence electrons. The summed E-state index contributed by atoms with van der Waals surface area (Å²) in [6, 6.07) is 22.5. The largest absolute Gasteiger partial charge is 0.345 e. The maximum absolute atomic E-state index is 12.9. The predicted molar refractivity (Wildman–Crippen MR) is 118 cm³/mol. The second-order valence-electron chi connectivity index (χ2n) is 7.35. The van der Waals surface area contributed by atoms with Gasteiger partial charge < -0.3 is 10.2 Å². The third-order valence-electron chi connectivity index (χ3n) is 4.85. The number of hydrogen-bond donors (Lipinski definition) is 1. The van der Waals surface area contributed by atoms with E-state index in [-0.39, 0.29) is 11.9 Å². The Balaban J connectivity index is 1.86.